The molecule has 0 heterocycles. The number of carbonyl (C=O) groups is 3. The zero-order chi connectivity index (χ0) is 17.5. The van der Waals surface area contributed by atoms with Crippen LogP contribution in [0.3, 0.4) is 0 Å². The molecule has 0 aliphatic rings. The van der Waals surface area contributed by atoms with E-state index >= 15 is 0 Å². The van der Waals surface area contributed by atoms with Crippen molar-refractivity contribution < 1.29 is 18.8 Å². The first kappa shape index (κ1) is 17.4. The lowest BCUT2D eigenvalue weighted by atomic mass is 10.2. The van der Waals surface area contributed by atoms with Crippen molar-refractivity contribution in [1.82, 2.24) is 16.2 Å². The Morgan fingerprint density at radius 1 is 0.958 bits per heavy atom. The maximum absolute atomic E-state index is 13.4. The van der Waals surface area contributed by atoms with Crippen molar-refractivity contribution in [3.8, 4) is 0 Å². The molecule has 0 bridgehead atoms. The van der Waals surface area contributed by atoms with Gasteiger partial charge in [-0.05, 0) is 30.3 Å². The molecule has 0 aromatic heterocycles. The van der Waals surface area contributed by atoms with E-state index in [4.69, 9.17) is 11.6 Å². The lowest BCUT2D eigenvalue weighted by molar-refractivity contribution is -0.120. The van der Waals surface area contributed by atoms with Gasteiger partial charge in [0.25, 0.3) is 17.7 Å². The summed E-state index contributed by atoms with van der Waals surface area (Å²) in [6.45, 7) is -0.372. The van der Waals surface area contributed by atoms with Gasteiger partial charge < -0.3 is 5.32 Å². The summed E-state index contributed by atoms with van der Waals surface area (Å²) >= 11 is 5.77. The maximum Gasteiger partial charge on any atom is 0.272 e. The zero-order valence-electron chi connectivity index (χ0n) is 12.3. The van der Waals surface area contributed by atoms with Gasteiger partial charge >= 0.3 is 0 Å². The Morgan fingerprint density at radius 2 is 1.71 bits per heavy atom. The summed E-state index contributed by atoms with van der Waals surface area (Å²) in [5, 5.41) is 2.76. The summed E-state index contributed by atoms with van der Waals surface area (Å²) in [6.07, 6.45) is 0. The average Bonchev–Trinajstić information content (AvgIpc) is 2.58. The van der Waals surface area contributed by atoms with E-state index in [2.05, 4.69) is 16.2 Å². The van der Waals surface area contributed by atoms with E-state index in [-0.39, 0.29) is 12.1 Å². The van der Waals surface area contributed by atoms with Crippen LogP contribution in [-0.2, 0) is 4.79 Å². The van der Waals surface area contributed by atoms with Gasteiger partial charge in [0.05, 0.1) is 12.1 Å². The van der Waals surface area contributed by atoms with E-state index in [1.807, 2.05) is 0 Å². The molecule has 3 N–H and O–H groups in total. The maximum atomic E-state index is 13.4. The number of halogens is 2. The number of nitrogens with one attached hydrogen (secondary N) is 3. The number of rotatable bonds is 4. The Labute approximate surface area is 142 Å². The first-order valence-corrected chi connectivity index (χ1v) is 7.22. The Kier molecular flexibility index (Phi) is 5.86. The minimum atomic E-state index is -0.803. The fourth-order valence-corrected chi connectivity index (χ4v) is 1.97. The molecule has 2 aromatic rings. The number of carbonyl (C=O) groups excluding carboxylic acids is 3. The lowest BCUT2D eigenvalue weighted by Crippen LogP contribution is -2.46. The van der Waals surface area contributed by atoms with Gasteiger partial charge in [-0.15, -0.1) is 0 Å². The van der Waals surface area contributed by atoms with Gasteiger partial charge in [0.15, 0.2) is 0 Å². The highest BCUT2D eigenvalue weighted by Crippen LogP contribution is 2.10. The number of hydrogen-bond acceptors (Lipinski definition) is 3. The molecule has 6 nitrogen and oxygen atoms in total. The van der Waals surface area contributed by atoms with Gasteiger partial charge in [-0.3, -0.25) is 25.2 Å². The highest BCUT2D eigenvalue weighted by atomic mass is 35.5. The lowest BCUT2D eigenvalue weighted by Gasteiger charge is -2.09. The molecule has 0 spiro atoms. The minimum absolute atomic E-state index is 0.208. The van der Waals surface area contributed by atoms with Crippen molar-refractivity contribution in [2.75, 3.05) is 6.54 Å². The first-order chi connectivity index (χ1) is 11.5. The summed E-state index contributed by atoms with van der Waals surface area (Å²) in [5.74, 6) is -2.68. The minimum Gasteiger partial charge on any atom is -0.343 e. The van der Waals surface area contributed by atoms with Gasteiger partial charge in [0.2, 0.25) is 0 Å². The van der Waals surface area contributed by atoms with Crippen LogP contribution in [-0.4, -0.2) is 24.3 Å². The van der Waals surface area contributed by atoms with Crippen molar-refractivity contribution in [3.05, 3.63) is 70.5 Å². The molecule has 0 saturated carbocycles. The summed E-state index contributed by atoms with van der Waals surface area (Å²) in [5.41, 5.74) is 4.23. The first-order valence-electron chi connectivity index (χ1n) is 6.85. The second kappa shape index (κ2) is 8.07. The predicted molar refractivity (Wildman–Crippen MR) is 85.8 cm³/mol. The molecule has 0 aliphatic carbocycles. The fourth-order valence-electron chi connectivity index (χ4n) is 1.78. The molecule has 0 unspecified atom stereocenters. The van der Waals surface area contributed by atoms with Crippen LogP contribution < -0.4 is 16.2 Å². The van der Waals surface area contributed by atoms with Gasteiger partial charge in [0.1, 0.15) is 5.82 Å². The van der Waals surface area contributed by atoms with Gasteiger partial charge in [-0.1, -0.05) is 29.8 Å². The van der Waals surface area contributed by atoms with E-state index in [9.17, 15) is 18.8 Å². The molecular formula is C16H13ClFN3O3. The van der Waals surface area contributed by atoms with E-state index in [1.54, 1.807) is 18.2 Å². The van der Waals surface area contributed by atoms with Crippen LogP contribution in [0.2, 0.25) is 5.02 Å². The Balaban J connectivity index is 1.80. The monoisotopic (exact) mass is 349 g/mol. The molecule has 0 saturated heterocycles. The van der Waals surface area contributed by atoms with Crippen molar-refractivity contribution in [1.29, 1.82) is 0 Å². The second-order valence-corrected chi connectivity index (χ2v) is 5.11. The molecule has 24 heavy (non-hydrogen) atoms. The molecule has 124 valence electrons. The molecule has 2 rings (SSSR count). The van der Waals surface area contributed by atoms with E-state index in [0.29, 0.717) is 10.6 Å². The van der Waals surface area contributed by atoms with Gasteiger partial charge in [-0.25, -0.2) is 4.39 Å². The predicted octanol–water partition coefficient (Wildman–Crippen LogP) is 1.67. The van der Waals surface area contributed by atoms with Crippen LogP contribution in [0.4, 0.5) is 4.39 Å². The molecule has 3 amide bonds. The van der Waals surface area contributed by atoms with Gasteiger partial charge in [0, 0.05) is 10.6 Å². The molecule has 0 atom stereocenters. The fraction of sp³-hybridized carbons (Fsp3) is 0.0625. The third-order valence-electron chi connectivity index (χ3n) is 2.93. The zero-order valence-corrected chi connectivity index (χ0v) is 13.1. The number of hydrazine groups is 1. The van der Waals surface area contributed by atoms with Crippen molar-refractivity contribution in [2.24, 2.45) is 0 Å². The largest absolute Gasteiger partial charge is 0.343 e. The number of benzene rings is 2. The van der Waals surface area contributed by atoms with Crippen LogP contribution in [0.1, 0.15) is 20.7 Å². The summed E-state index contributed by atoms with van der Waals surface area (Å²) in [4.78, 5) is 35.1. The van der Waals surface area contributed by atoms with Crippen LogP contribution in [0.5, 0.6) is 0 Å². The average molecular weight is 350 g/mol. The SMILES string of the molecule is O=C(CNC(=O)c1cccc(Cl)c1)NNC(=O)c1ccccc1F. The Morgan fingerprint density at radius 3 is 2.42 bits per heavy atom. The quantitative estimate of drug-likeness (QED) is 0.734. The van der Waals surface area contributed by atoms with Gasteiger partial charge in [-0.2, -0.15) is 0 Å². The molecule has 0 fully saturated rings. The van der Waals surface area contributed by atoms with Crippen molar-refractivity contribution >= 4 is 29.3 Å². The van der Waals surface area contributed by atoms with Crippen molar-refractivity contribution in [3.63, 3.8) is 0 Å². The van der Waals surface area contributed by atoms with E-state index in [0.717, 1.165) is 6.07 Å². The topological polar surface area (TPSA) is 87.3 Å². The molecule has 2 aromatic carbocycles. The van der Waals surface area contributed by atoms with Crippen LogP contribution in [0, 0.1) is 5.82 Å². The molecular weight excluding hydrogens is 337 g/mol. The van der Waals surface area contributed by atoms with Crippen LogP contribution in [0.15, 0.2) is 48.5 Å². The summed E-state index contributed by atoms with van der Waals surface area (Å²) < 4.78 is 13.4. The van der Waals surface area contributed by atoms with Crippen molar-refractivity contribution in [2.45, 2.75) is 0 Å². The van der Waals surface area contributed by atoms with Crippen LogP contribution >= 0.6 is 11.6 Å². The third kappa shape index (κ3) is 4.79. The molecule has 0 radical (unpaired) electrons. The second-order valence-electron chi connectivity index (χ2n) is 4.68. The Bertz CT molecular complexity index is 783. The summed E-state index contributed by atoms with van der Waals surface area (Å²) in [6, 6.07) is 11.5. The van der Waals surface area contributed by atoms with E-state index in [1.165, 1.54) is 24.3 Å². The highest BCUT2D eigenvalue weighted by Gasteiger charge is 2.12. The number of amides is 3. The third-order valence-corrected chi connectivity index (χ3v) is 3.17. The standard InChI is InChI=1S/C16H13ClFN3O3/c17-11-5-3-4-10(8-11)15(23)19-9-14(22)20-21-16(24)12-6-1-2-7-13(12)18/h1-8H,9H2,(H,19,23)(H,20,22)(H,21,24). The number of hydrogen-bond donors (Lipinski definition) is 3. The molecule has 0 aliphatic heterocycles. The smallest absolute Gasteiger partial charge is 0.272 e. The summed E-state index contributed by atoms with van der Waals surface area (Å²) in [7, 11) is 0. The van der Waals surface area contributed by atoms with Crippen LogP contribution in [0.25, 0.3) is 0 Å². The highest BCUT2D eigenvalue weighted by molar-refractivity contribution is 6.31. The Hall–Kier alpha value is -2.93. The van der Waals surface area contributed by atoms with E-state index < -0.39 is 23.5 Å². The normalized spacial score (nSPS) is 9.92. The molecule has 8 heteroatoms.